The number of hydrogen-bond acceptors (Lipinski definition) is 4. The van der Waals surface area contributed by atoms with Crippen LogP contribution < -0.4 is 10.0 Å². The molecule has 0 aliphatic carbocycles. The van der Waals surface area contributed by atoms with E-state index in [4.69, 9.17) is 0 Å². The number of nitrogens with one attached hydrogen (secondary N) is 2. The molecule has 1 aliphatic rings. The summed E-state index contributed by atoms with van der Waals surface area (Å²) in [6.45, 7) is 9.28. The van der Waals surface area contributed by atoms with Crippen LogP contribution in [0.1, 0.15) is 38.8 Å². The lowest BCUT2D eigenvalue weighted by Gasteiger charge is -2.21. The monoisotopic (exact) mass is 283 g/mol. The summed E-state index contributed by atoms with van der Waals surface area (Å²) in [5, 5.41) is 3.31. The SMILES string of the molecule is Cc1cc2c(nc1S(=O)(=O)NC(C)(C)C)NC(C)C2. The van der Waals surface area contributed by atoms with Crippen molar-refractivity contribution in [1.29, 1.82) is 0 Å². The van der Waals surface area contributed by atoms with Crippen molar-refractivity contribution in [2.45, 2.75) is 57.6 Å². The summed E-state index contributed by atoms with van der Waals surface area (Å²) in [6, 6.07) is 2.21. The molecule has 0 amide bonds. The van der Waals surface area contributed by atoms with E-state index in [0.29, 0.717) is 17.4 Å². The lowest BCUT2D eigenvalue weighted by atomic mass is 10.1. The second-order valence-electron chi connectivity index (χ2n) is 6.22. The first-order valence-electron chi connectivity index (χ1n) is 6.39. The molecule has 2 N–H and O–H groups in total. The van der Waals surface area contributed by atoms with E-state index in [9.17, 15) is 8.42 Å². The summed E-state index contributed by atoms with van der Waals surface area (Å²) in [7, 11) is -3.59. The van der Waals surface area contributed by atoms with E-state index < -0.39 is 15.6 Å². The van der Waals surface area contributed by atoms with E-state index in [-0.39, 0.29) is 5.03 Å². The zero-order chi connectivity index (χ0) is 14.4. The molecule has 5 nitrogen and oxygen atoms in total. The molecule has 1 unspecified atom stereocenters. The van der Waals surface area contributed by atoms with Crippen LogP contribution >= 0.6 is 0 Å². The van der Waals surface area contributed by atoms with Gasteiger partial charge in [-0.1, -0.05) is 0 Å². The number of sulfonamides is 1. The van der Waals surface area contributed by atoms with Crippen LogP contribution in [0.25, 0.3) is 0 Å². The standard InChI is InChI=1S/C13H21N3O2S/c1-8-6-10-7-9(2)14-11(10)15-12(8)19(17,18)16-13(3,4)5/h6,9,16H,7H2,1-5H3,(H,14,15). The Kier molecular flexibility index (Phi) is 3.35. The molecule has 1 atom stereocenters. The third-order valence-electron chi connectivity index (χ3n) is 2.85. The molecule has 0 saturated carbocycles. The van der Waals surface area contributed by atoms with Gasteiger partial charge in [-0.15, -0.1) is 0 Å². The Labute approximate surface area is 114 Å². The van der Waals surface area contributed by atoms with Gasteiger partial charge in [-0.05, 0) is 58.2 Å². The van der Waals surface area contributed by atoms with Crippen molar-refractivity contribution >= 4 is 15.8 Å². The van der Waals surface area contributed by atoms with Crippen LogP contribution in [-0.2, 0) is 16.4 Å². The first-order valence-corrected chi connectivity index (χ1v) is 7.88. The van der Waals surface area contributed by atoms with Crippen molar-refractivity contribution in [3.8, 4) is 0 Å². The highest BCUT2D eigenvalue weighted by atomic mass is 32.2. The fourth-order valence-electron chi connectivity index (χ4n) is 2.27. The summed E-state index contributed by atoms with van der Waals surface area (Å²) in [4.78, 5) is 4.30. The van der Waals surface area contributed by atoms with E-state index in [2.05, 4.69) is 21.9 Å². The minimum absolute atomic E-state index is 0.114. The van der Waals surface area contributed by atoms with Crippen LogP contribution in [0.2, 0.25) is 0 Å². The zero-order valence-corrected chi connectivity index (χ0v) is 12.9. The smallest absolute Gasteiger partial charge is 0.258 e. The molecule has 106 valence electrons. The largest absolute Gasteiger partial charge is 0.367 e. The van der Waals surface area contributed by atoms with Crippen LogP contribution in [0, 0.1) is 6.92 Å². The number of aryl methyl sites for hydroxylation is 1. The highest BCUT2D eigenvalue weighted by Crippen LogP contribution is 2.27. The van der Waals surface area contributed by atoms with E-state index in [1.807, 2.05) is 26.8 Å². The van der Waals surface area contributed by atoms with Gasteiger partial charge in [-0.2, -0.15) is 0 Å². The predicted octanol–water partition coefficient (Wildman–Crippen LogP) is 1.82. The molecule has 2 heterocycles. The van der Waals surface area contributed by atoms with Crippen molar-refractivity contribution in [2.75, 3.05) is 5.32 Å². The molecule has 2 rings (SSSR count). The van der Waals surface area contributed by atoms with Crippen LogP contribution in [-0.4, -0.2) is 25.0 Å². The van der Waals surface area contributed by atoms with Gasteiger partial charge < -0.3 is 5.32 Å². The molecular formula is C13H21N3O2S. The van der Waals surface area contributed by atoms with Crippen LogP contribution in [0.5, 0.6) is 0 Å². The minimum atomic E-state index is -3.59. The molecular weight excluding hydrogens is 262 g/mol. The third-order valence-corrected chi connectivity index (χ3v) is 4.65. The fourth-order valence-corrected chi connectivity index (χ4v) is 3.87. The summed E-state index contributed by atoms with van der Waals surface area (Å²) < 4.78 is 27.3. The number of nitrogens with zero attached hydrogens (tertiary/aromatic N) is 1. The van der Waals surface area contributed by atoms with Gasteiger partial charge in [0, 0.05) is 11.6 Å². The molecule has 1 aromatic heterocycles. The van der Waals surface area contributed by atoms with Crippen molar-refractivity contribution in [3.05, 3.63) is 17.2 Å². The second-order valence-corrected chi connectivity index (χ2v) is 7.82. The van der Waals surface area contributed by atoms with Gasteiger partial charge in [0.15, 0.2) is 5.03 Å². The normalized spacial score (nSPS) is 19.1. The van der Waals surface area contributed by atoms with E-state index in [1.54, 1.807) is 6.92 Å². The number of rotatable bonds is 2. The Bertz CT molecular complexity index is 603. The summed E-state index contributed by atoms with van der Waals surface area (Å²) in [5.41, 5.74) is 1.25. The summed E-state index contributed by atoms with van der Waals surface area (Å²) >= 11 is 0. The van der Waals surface area contributed by atoms with Gasteiger partial charge in [0.2, 0.25) is 0 Å². The van der Waals surface area contributed by atoms with E-state index >= 15 is 0 Å². The number of fused-ring (bicyclic) bond motifs is 1. The van der Waals surface area contributed by atoms with Gasteiger partial charge in [-0.25, -0.2) is 18.1 Å². The topological polar surface area (TPSA) is 71.1 Å². The lowest BCUT2D eigenvalue weighted by Crippen LogP contribution is -2.41. The maximum Gasteiger partial charge on any atom is 0.258 e. The lowest BCUT2D eigenvalue weighted by molar-refractivity contribution is 0.489. The molecule has 1 aromatic rings. The molecule has 6 heteroatoms. The average molecular weight is 283 g/mol. The van der Waals surface area contributed by atoms with Crippen LogP contribution in [0.4, 0.5) is 5.82 Å². The Hall–Kier alpha value is -1.14. The fraction of sp³-hybridized carbons (Fsp3) is 0.615. The molecule has 0 bridgehead atoms. The van der Waals surface area contributed by atoms with Crippen molar-refractivity contribution < 1.29 is 8.42 Å². The average Bonchev–Trinajstić information content (AvgIpc) is 2.51. The first-order chi connectivity index (χ1) is 8.58. The number of pyridine rings is 1. The zero-order valence-electron chi connectivity index (χ0n) is 12.0. The maximum absolute atomic E-state index is 12.3. The van der Waals surface area contributed by atoms with Gasteiger partial charge in [0.1, 0.15) is 5.82 Å². The van der Waals surface area contributed by atoms with Crippen molar-refractivity contribution in [3.63, 3.8) is 0 Å². The maximum atomic E-state index is 12.3. The van der Waals surface area contributed by atoms with E-state index in [1.165, 1.54) is 0 Å². The Morgan fingerprint density at radius 2 is 2.05 bits per heavy atom. The summed E-state index contributed by atoms with van der Waals surface area (Å²) in [6.07, 6.45) is 0.885. The highest BCUT2D eigenvalue weighted by Gasteiger charge is 2.28. The first kappa shape index (κ1) is 14.3. The molecule has 0 aromatic carbocycles. The van der Waals surface area contributed by atoms with Crippen LogP contribution in [0.15, 0.2) is 11.1 Å². The third kappa shape index (κ3) is 3.06. The molecule has 0 spiro atoms. The molecule has 1 aliphatic heterocycles. The Balaban J connectivity index is 2.45. The second kappa shape index (κ2) is 4.45. The Morgan fingerprint density at radius 3 is 2.63 bits per heavy atom. The molecule has 0 radical (unpaired) electrons. The quantitative estimate of drug-likeness (QED) is 0.868. The van der Waals surface area contributed by atoms with Crippen molar-refractivity contribution in [2.24, 2.45) is 0 Å². The van der Waals surface area contributed by atoms with Crippen LogP contribution in [0.3, 0.4) is 0 Å². The molecule has 0 saturated heterocycles. The van der Waals surface area contributed by atoms with Gasteiger partial charge in [-0.3, -0.25) is 0 Å². The summed E-state index contributed by atoms with van der Waals surface area (Å²) in [5.74, 6) is 0.687. The molecule has 19 heavy (non-hydrogen) atoms. The predicted molar refractivity (Wildman–Crippen MR) is 75.8 cm³/mol. The minimum Gasteiger partial charge on any atom is -0.367 e. The number of aromatic nitrogens is 1. The van der Waals surface area contributed by atoms with E-state index in [0.717, 1.165) is 12.0 Å². The van der Waals surface area contributed by atoms with Gasteiger partial charge in [0.25, 0.3) is 10.0 Å². The van der Waals surface area contributed by atoms with Gasteiger partial charge in [0.05, 0.1) is 0 Å². The highest BCUT2D eigenvalue weighted by molar-refractivity contribution is 7.89. The Morgan fingerprint density at radius 1 is 1.42 bits per heavy atom. The van der Waals surface area contributed by atoms with Crippen molar-refractivity contribution in [1.82, 2.24) is 9.71 Å². The van der Waals surface area contributed by atoms with Gasteiger partial charge >= 0.3 is 0 Å². The molecule has 0 fully saturated rings. The number of hydrogen-bond donors (Lipinski definition) is 2. The number of anilines is 1.